The molecular formula is C22H25N5O3. The number of hydrogen-bond donors (Lipinski definition) is 0. The van der Waals surface area contributed by atoms with E-state index in [-0.39, 0.29) is 18.7 Å². The summed E-state index contributed by atoms with van der Waals surface area (Å²) in [5.74, 6) is -0.368. The number of esters is 1. The first-order valence-electron chi connectivity index (χ1n) is 9.99. The minimum atomic E-state index is -0.704. The molecule has 0 atom stereocenters. The number of carbonyl (C=O) groups excluding carboxylic acids is 2. The lowest BCUT2D eigenvalue weighted by Gasteiger charge is -2.22. The molecule has 0 spiro atoms. The van der Waals surface area contributed by atoms with Crippen LogP contribution >= 0.6 is 0 Å². The van der Waals surface area contributed by atoms with Crippen LogP contribution < -0.4 is 9.80 Å². The molecule has 0 radical (unpaired) electrons. The zero-order chi connectivity index (χ0) is 21.5. The maximum atomic E-state index is 12.7. The van der Waals surface area contributed by atoms with Crippen molar-refractivity contribution in [3.63, 3.8) is 0 Å². The van der Waals surface area contributed by atoms with E-state index in [1.165, 1.54) is 4.90 Å². The second kappa shape index (κ2) is 9.83. The van der Waals surface area contributed by atoms with Gasteiger partial charge in [0, 0.05) is 25.3 Å². The zero-order valence-electron chi connectivity index (χ0n) is 17.3. The standard InChI is InChI=1S/C22H25N5O3/c1-16-12-17(2)14-18(13-16)27(11-5-8-23)21(28)15-30-22(29)19-6-7-20(25-24-19)26-9-3-4-10-26/h6-7,12-14H,3-5,9-11,15H2,1-2H3. The number of nitrogens with zero attached hydrogens (tertiary/aromatic N) is 5. The Bertz CT molecular complexity index is 926. The van der Waals surface area contributed by atoms with Crippen molar-refractivity contribution in [2.24, 2.45) is 0 Å². The molecular weight excluding hydrogens is 382 g/mol. The second-order valence-electron chi connectivity index (χ2n) is 7.35. The van der Waals surface area contributed by atoms with Gasteiger partial charge < -0.3 is 14.5 Å². The van der Waals surface area contributed by atoms with E-state index in [9.17, 15) is 9.59 Å². The quantitative estimate of drug-likeness (QED) is 0.651. The lowest BCUT2D eigenvalue weighted by atomic mass is 10.1. The number of nitriles is 1. The molecule has 2 heterocycles. The summed E-state index contributed by atoms with van der Waals surface area (Å²) in [6.07, 6.45) is 2.42. The van der Waals surface area contributed by atoms with Crippen molar-refractivity contribution < 1.29 is 14.3 Å². The fraction of sp³-hybridized carbons (Fsp3) is 0.409. The summed E-state index contributed by atoms with van der Waals surface area (Å²) in [5.41, 5.74) is 2.74. The third-order valence-electron chi connectivity index (χ3n) is 4.88. The fourth-order valence-electron chi connectivity index (χ4n) is 3.49. The molecule has 1 aromatic carbocycles. The van der Waals surface area contributed by atoms with Crippen LogP contribution in [-0.2, 0) is 9.53 Å². The van der Waals surface area contributed by atoms with E-state index < -0.39 is 18.5 Å². The lowest BCUT2D eigenvalue weighted by Crippen LogP contribution is -2.35. The Morgan fingerprint density at radius 3 is 2.43 bits per heavy atom. The molecule has 1 fully saturated rings. The maximum absolute atomic E-state index is 12.7. The number of carbonyl (C=O) groups is 2. The van der Waals surface area contributed by atoms with Crippen molar-refractivity contribution in [3.8, 4) is 6.07 Å². The van der Waals surface area contributed by atoms with E-state index in [0.717, 1.165) is 42.9 Å². The number of ether oxygens (including phenoxy) is 1. The molecule has 2 aromatic rings. The Kier molecular flexibility index (Phi) is 6.96. The lowest BCUT2D eigenvalue weighted by molar-refractivity contribution is -0.121. The normalized spacial score (nSPS) is 13.0. The highest BCUT2D eigenvalue weighted by molar-refractivity contribution is 5.96. The molecule has 1 aromatic heterocycles. The van der Waals surface area contributed by atoms with E-state index in [0.29, 0.717) is 5.69 Å². The number of hydrogen-bond acceptors (Lipinski definition) is 7. The van der Waals surface area contributed by atoms with Gasteiger partial charge >= 0.3 is 5.97 Å². The highest BCUT2D eigenvalue weighted by Crippen LogP contribution is 2.20. The summed E-state index contributed by atoms with van der Waals surface area (Å²) in [4.78, 5) is 28.6. The first kappa shape index (κ1) is 21.2. The van der Waals surface area contributed by atoms with Crippen molar-refractivity contribution in [2.45, 2.75) is 33.1 Å². The zero-order valence-corrected chi connectivity index (χ0v) is 17.3. The SMILES string of the molecule is Cc1cc(C)cc(N(CCC#N)C(=O)COC(=O)c2ccc(N3CCCC3)nn2)c1. The molecule has 0 aliphatic carbocycles. The topological polar surface area (TPSA) is 99.4 Å². The monoisotopic (exact) mass is 407 g/mol. The third kappa shape index (κ3) is 5.32. The van der Waals surface area contributed by atoms with Gasteiger partial charge in [0.05, 0.1) is 12.5 Å². The molecule has 0 bridgehead atoms. The average Bonchev–Trinajstić information content (AvgIpc) is 3.26. The van der Waals surface area contributed by atoms with E-state index in [1.807, 2.05) is 38.1 Å². The highest BCUT2D eigenvalue weighted by Gasteiger charge is 2.20. The number of amides is 1. The summed E-state index contributed by atoms with van der Waals surface area (Å²) >= 11 is 0. The number of anilines is 2. The van der Waals surface area contributed by atoms with Gasteiger partial charge in [-0.1, -0.05) is 6.07 Å². The maximum Gasteiger partial charge on any atom is 0.359 e. The van der Waals surface area contributed by atoms with Gasteiger partial charge in [0.2, 0.25) is 0 Å². The summed E-state index contributed by atoms with van der Waals surface area (Å²) in [6.45, 7) is 5.53. The molecule has 1 saturated heterocycles. The molecule has 0 unspecified atom stereocenters. The Morgan fingerprint density at radius 2 is 1.83 bits per heavy atom. The van der Waals surface area contributed by atoms with Crippen LogP contribution in [0.3, 0.4) is 0 Å². The molecule has 1 amide bonds. The van der Waals surface area contributed by atoms with Gasteiger partial charge in [-0.25, -0.2) is 4.79 Å². The van der Waals surface area contributed by atoms with Crippen molar-refractivity contribution in [1.82, 2.24) is 10.2 Å². The predicted molar refractivity (Wildman–Crippen MR) is 112 cm³/mol. The first-order chi connectivity index (χ1) is 14.5. The van der Waals surface area contributed by atoms with Gasteiger partial charge in [-0.15, -0.1) is 10.2 Å². The van der Waals surface area contributed by atoms with E-state index in [4.69, 9.17) is 10.00 Å². The summed E-state index contributed by atoms with van der Waals surface area (Å²) in [5, 5.41) is 17.0. The Morgan fingerprint density at radius 1 is 1.13 bits per heavy atom. The number of aryl methyl sites for hydroxylation is 2. The molecule has 3 rings (SSSR count). The van der Waals surface area contributed by atoms with Crippen LogP contribution in [0.4, 0.5) is 11.5 Å². The smallest absolute Gasteiger partial charge is 0.359 e. The van der Waals surface area contributed by atoms with Crippen LogP contribution in [0.2, 0.25) is 0 Å². The molecule has 156 valence electrons. The van der Waals surface area contributed by atoms with Crippen LogP contribution in [0.15, 0.2) is 30.3 Å². The predicted octanol–water partition coefficient (Wildman–Crippen LogP) is 2.80. The molecule has 30 heavy (non-hydrogen) atoms. The van der Waals surface area contributed by atoms with Gasteiger partial charge in [0.1, 0.15) is 0 Å². The van der Waals surface area contributed by atoms with Crippen molar-refractivity contribution in [3.05, 3.63) is 47.2 Å². The molecule has 8 heteroatoms. The Labute approximate surface area is 176 Å². The van der Waals surface area contributed by atoms with Crippen molar-refractivity contribution in [1.29, 1.82) is 5.26 Å². The van der Waals surface area contributed by atoms with E-state index >= 15 is 0 Å². The van der Waals surface area contributed by atoms with Gasteiger partial charge in [-0.3, -0.25) is 4.79 Å². The van der Waals surface area contributed by atoms with Gasteiger partial charge in [-0.2, -0.15) is 5.26 Å². The number of aromatic nitrogens is 2. The molecule has 1 aliphatic rings. The van der Waals surface area contributed by atoms with Gasteiger partial charge in [0.25, 0.3) is 5.91 Å². The van der Waals surface area contributed by atoms with Crippen LogP contribution in [0, 0.1) is 25.2 Å². The largest absolute Gasteiger partial charge is 0.451 e. The highest BCUT2D eigenvalue weighted by atomic mass is 16.5. The van der Waals surface area contributed by atoms with Gasteiger partial charge in [0.15, 0.2) is 18.1 Å². The summed E-state index contributed by atoms with van der Waals surface area (Å²) < 4.78 is 5.17. The Hall–Kier alpha value is -3.47. The third-order valence-corrected chi connectivity index (χ3v) is 4.88. The minimum Gasteiger partial charge on any atom is -0.451 e. The molecule has 1 aliphatic heterocycles. The Balaban J connectivity index is 1.64. The van der Waals surface area contributed by atoms with Crippen molar-refractivity contribution >= 4 is 23.4 Å². The first-order valence-corrected chi connectivity index (χ1v) is 9.99. The summed E-state index contributed by atoms with van der Waals surface area (Å²) in [6, 6.07) is 11.1. The minimum absolute atomic E-state index is 0.0562. The fourth-order valence-corrected chi connectivity index (χ4v) is 3.49. The van der Waals surface area contributed by atoms with E-state index in [1.54, 1.807) is 12.1 Å². The average molecular weight is 407 g/mol. The van der Waals surface area contributed by atoms with Crippen LogP contribution in [0.5, 0.6) is 0 Å². The molecule has 0 N–H and O–H groups in total. The second-order valence-corrected chi connectivity index (χ2v) is 7.35. The van der Waals surface area contributed by atoms with Gasteiger partial charge in [-0.05, 0) is 62.1 Å². The van der Waals surface area contributed by atoms with Crippen LogP contribution in [0.25, 0.3) is 0 Å². The van der Waals surface area contributed by atoms with Crippen LogP contribution in [-0.4, -0.2) is 48.3 Å². The van der Waals surface area contributed by atoms with E-state index in [2.05, 4.69) is 15.1 Å². The number of benzene rings is 1. The number of rotatable bonds is 7. The van der Waals surface area contributed by atoms with Crippen molar-refractivity contribution in [2.75, 3.05) is 36.0 Å². The summed E-state index contributed by atoms with van der Waals surface area (Å²) in [7, 11) is 0. The molecule has 0 saturated carbocycles. The molecule has 8 nitrogen and oxygen atoms in total. The van der Waals surface area contributed by atoms with Crippen LogP contribution in [0.1, 0.15) is 40.9 Å².